The Kier molecular flexibility index (Phi) is 5.23. The molecule has 0 aromatic heterocycles. The second-order valence-corrected chi connectivity index (χ2v) is 5.68. The van der Waals surface area contributed by atoms with E-state index in [1.807, 2.05) is 6.07 Å². The molecule has 0 spiro atoms. The summed E-state index contributed by atoms with van der Waals surface area (Å²) in [5.41, 5.74) is 8.74. The SMILES string of the molecule is CC(C)COCCOc1ccc2c(c1)CCCC2N. The monoisotopic (exact) mass is 263 g/mol. The molecule has 0 heterocycles. The Morgan fingerprint density at radius 3 is 2.95 bits per heavy atom. The average Bonchev–Trinajstić information content (AvgIpc) is 2.38. The lowest BCUT2D eigenvalue weighted by atomic mass is 9.88. The lowest BCUT2D eigenvalue weighted by Crippen LogP contribution is -2.17. The van der Waals surface area contributed by atoms with Gasteiger partial charge in [-0.05, 0) is 48.4 Å². The minimum Gasteiger partial charge on any atom is -0.491 e. The number of rotatable bonds is 6. The molecule has 106 valence electrons. The molecule has 0 aliphatic heterocycles. The van der Waals surface area contributed by atoms with Gasteiger partial charge in [-0.1, -0.05) is 19.9 Å². The molecule has 3 heteroatoms. The van der Waals surface area contributed by atoms with Gasteiger partial charge in [0.1, 0.15) is 12.4 Å². The summed E-state index contributed by atoms with van der Waals surface area (Å²) in [5.74, 6) is 1.51. The Bertz CT molecular complexity index is 404. The minimum absolute atomic E-state index is 0.201. The number of ether oxygens (including phenoxy) is 2. The maximum absolute atomic E-state index is 6.10. The Hall–Kier alpha value is -1.06. The quantitative estimate of drug-likeness (QED) is 0.802. The third-order valence-electron chi connectivity index (χ3n) is 3.42. The maximum Gasteiger partial charge on any atom is 0.119 e. The van der Waals surface area contributed by atoms with Crippen molar-refractivity contribution in [1.29, 1.82) is 0 Å². The summed E-state index contributed by atoms with van der Waals surface area (Å²) in [7, 11) is 0. The summed E-state index contributed by atoms with van der Waals surface area (Å²) in [4.78, 5) is 0. The van der Waals surface area contributed by atoms with Crippen molar-refractivity contribution in [1.82, 2.24) is 0 Å². The van der Waals surface area contributed by atoms with Gasteiger partial charge in [0.25, 0.3) is 0 Å². The average molecular weight is 263 g/mol. The number of aryl methyl sites for hydroxylation is 1. The van der Waals surface area contributed by atoms with Crippen LogP contribution in [0.25, 0.3) is 0 Å². The van der Waals surface area contributed by atoms with Gasteiger partial charge in [-0.3, -0.25) is 0 Å². The van der Waals surface area contributed by atoms with Crippen LogP contribution in [0, 0.1) is 5.92 Å². The van der Waals surface area contributed by atoms with E-state index in [1.54, 1.807) is 0 Å². The highest BCUT2D eigenvalue weighted by Crippen LogP contribution is 2.30. The van der Waals surface area contributed by atoms with Gasteiger partial charge in [-0.2, -0.15) is 0 Å². The summed E-state index contributed by atoms with van der Waals surface area (Å²) in [6.07, 6.45) is 3.38. The summed E-state index contributed by atoms with van der Waals surface area (Å²) in [5, 5.41) is 0. The standard InChI is InChI=1S/C16H25NO2/c1-12(2)11-18-8-9-19-14-6-7-15-13(10-14)4-3-5-16(15)17/h6-7,10,12,16H,3-5,8-9,11,17H2,1-2H3. The van der Waals surface area contributed by atoms with E-state index in [1.165, 1.54) is 17.5 Å². The van der Waals surface area contributed by atoms with E-state index in [0.29, 0.717) is 19.1 Å². The predicted octanol–water partition coefficient (Wildman–Crippen LogP) is 3.07. The zero-order chi connectivity index (χ0) is 13.7. The molecule has 0 saturated carbocycles. The van der Waals surface area contributed by atoms with E-state index < -0.39 is 0 Å². The number of benzene rings is 1. The van der Waals surface area contributed by atoms with E-state index in [2.05, 4.69) is 26.0 Å². The Balaban J connectivity index is 1.81. The molecule has 1 aromatic rings. The minimum atomic E-state index is 0.201. The first-order valence-electron chi connectivity index (χ1n) is 7.25. The largest absolute Gasteiger partial charge is 0.491 e. The number of nitrogens with two attached hydrogens (primary N) is 1. The van der Waals surface area contributed by atoms with E-state index in [9.17, 15) is 0 Å². The lowest BCUT2D eigenvalue weighted by Gasteiger charge is -2.22. The molecule has 0 saturated heterocycles. The molecule has 0 bridgehead atoms. The van der Waals surface area contributed by atoms with Crippen LogP contribution < -0.4 is 10.5 Å². The molecule has 0 fully saturated rings. The first-order valence-corrected chi connectivity index (χ1v) is 7.25. The molecule has 1 aliphatic rings. The Morgan fingerprint density at radius 1 is 1.32 bits per heavy atom. The highest BCUT2D eigenvalue weighted by atomic mass is 16.5. The summed E-state index contributed by atoms with van der Waals surface area (Å²) >= 11 is 0. The fourth-order valence-electron chi connectivity index (χ4n) is 2.46. The zero-order valence-electron chi connectivity index (χ0n) is 12.0. The van der Waals surface area contributed by atoms with Crippen LogP contribution in [0.2, 0.25) is 0 Å². The molecule has 0 radical (unpaired) electrons. The number of hydrogen-bond acceptors (Lipinski definition) is 3. The summed E-state index contributed by atoms with van der Waals surface area (Å²) in [6.45, 7) is 6.34. The summed E-state index contributed by atoms with van der Waals surface area (Å²) < 4.78 is 11.2. The van der Waals surface area contributed by atoms with Crippen molar-refractivity contribution >= 4 is 0 Å². The molecule has 1 unspecified atom stereocenters. The fraction of sp³-hybridized carbons (Fsp3) is 0.625. The van der Waals surface area contributed by atoms with Crippen molar-refractivity contribution in [2.75, 3.05) is 19.8 Å². The first kappa shape index (κ1) is 14.4. The molecular formula is C16H25NO2. The van der Waals surface area contributed by atoms with Gasteiger partial charge in [0.15, 0.2) is 0 Å². The molecule has 1 aliphatic carbocycles. The van der Waals surface area contributed by atoms with E-state index in [0.717, 1.165) is 25.2 Å². The van der Waals surface area contributed by atoms with Crippen molar-refractivity contribution < 1.29 is 9.47 Å². The van der Waals surface area contributed by atoms with Crippen molar-refractivity contribution in [3.05, 3.63) is 29.3 Å². The van der Waals surface area contributed by atoms with Crippen LogP contribution >= 0.6 is 0 Å². The molecule has 2 N–H and O–H groups in total. The molecule has 19 heavy (non-hydrogen) atoms. The Labute approximate surface area is 116 Å². The number of fused-ring (bicyclic) bond motifs is 1. The topological polar surface area (TPSA) is 44.5 Å². The van der Waals surface area contributed by atoms with Gasteiger partial charge >= 0.3 is 0 Å². The van der Waals surface area contributed by atoms with Gasteiger partial charge in [0, 0.05) is 12.6 Å². The van der Waals surface area contributed by atoms with Crippen LogP contribution in [0.1, 0.15) is 43.9 Å². The smallest absolute Gasteiger partial charge is 0.119 e. The van der Waals surface area contributed by atoms with Gasteiger partial charge in [-0.15, -0.1) is 0 Å². The molecular weight excluding hydrogens is 238 g/mol. The first-order chi connectivity index (χ1) is 9.16. The van der Waals surface area contributed by atoms with Crippen LogP contribution in [-0.2, 0) is 11.2 Å². The highest BCUT2D eigenvalue weighted by Gasteiger charge is 2.16. The van der Waals surface area contributed by atoms with E-state index in [4.69, 9.17) is 15.2 Å². The van der Waals surface area contributed by atoms with Crippen LogP contribution in [0.4, 0.5) is 0 Å². The second kappa shape index (κ2) is 6.92. The van der Waals surface area contributed by atoms with Crippen LogP contribution in [0.3, 0.4) is 0 Å². The third kappa shape index (κ3) is 4.22. The molecule has 0 amide bonds. The van der Waals surface area contributed by atoms with E-state index >= 15 is 0 Å². The van der Waals surface area contributed by atoms with Gasteiger partial charge in [0.05, 0.1) is 6.61 Å². The maximum atomic E-state index is 6.10. The number of hydrogen-bond donors (Lipinski definition) is 1. The zero-order valence-corrected chi connectivity index (χ0v) is 12.0. The van der Waals surface area contributed by atoms with Crippen molar-refractivity contribution in [3.8, 4) is 5.75 Å². The lowest BCUT2D eigenvalue weighted by molar-refractivity contribution is 0.0818. The van der Waals surface area contributed by atoms with Gasteiger partial charge in [0.2, 0.25) is 0 Å². The fourth-order valence-corrected chi connectivity index (χ4v) is 2.46. The third-order valence-corrected chi connectivity index (χ3v) is 3.42. The molecule has 3 nitrogen and oxygen atoms in total. The van der Waals surface area contributed by atoms with Crippen LogP contribution in [0.5, 0.6) is 5.75 Å². The highest BCUT2D eigenvalue weighted by molar-refractivity contribution is 5.38. The van der Waals surface area contributed by atoms with E-state index in [-0.39, 0.29) is 6.04 Å². The van der Waals surface area contributed by atoms with Crippen LogP contribution in [-0.4, -0.2) is 19.8 Å². The van der Waals surface area contributed by atoms with Crippen molar-refractivity contribution in [2.24, 2.45) is 11.7 Å². The molecule has 1 aromatic carbocycles. The predicted molar refractivity (Wildman–Crippen MR) is 77.5 cm³/mol. The van der Waals surface area contributed by atoms with Crippen molar-refractivity contribution in [3.63, 3.8) is 0 Å². The van der Waals surface area contributed by atoms with Crippen molar-refractivity contribution in [2.45, 2.75) is 39.2 Å². The molecule has 1 atom stereocenters. The molecule has 2 rings (SSSR count). The van der Waals surface area contributed by atoms with Crippen LogP contribution in [0.15, 0.2) is 18.2 Å². The Morgan fingerprint density at radius 2 is 2.16 bits per heavy atom. The second-order valence-electron chi connectivity index (χ2n) is 5.68. The summed E-state index contributed by atoms with van der Waals surface area (Å²) in [6, 6.07) is 6.47. The normalized spacial score (nSPS) is 18.4. The van der Waals surface area contributed by atoms with Gasteiger partial charge < -0.3 is 15.2 Å². The van der Waals surface area contributed by atoms with Gasteiger partial charge in [-0.25, -0.2) is 0 Å².